The van der Waals surface area contributed by atoms with E-state index >= 15 is 0 Å². The lowest BCUT2D eigenvalue weighted by atomic mass is 9.52. The fourth-order valence-electron chi connectivity index (χ4n) is 6.14. The predicted molar refractivity (Wildman–Crippen MR) is 137 cm³/mol. The number of esters is 2. The molecule has 0 unspecified atom stereocenters. The van der Waals surface area contributed by atoms with Gasteiger partial charge in [-0.1, -0.05) is 60.7 Å². The van der Waals surface area contributed by atoms with Gasteiger partial charge in [0.25, 0.3) is 0 Å². The predicted octanol–water partition coefficient (Wildman–Crippen LogP) is 4.19. The van der Waals surface area contributed by atoms with E-state index in [-0.39, 0.29) is 25.0 Å². The maximum Gasteiger partial charge on any atom is 0.310 e. The molecule has 8 heteroatoms. The zero-order chi connectivity index (χ0) is 26.9. The minimum absolute atomic E-state index is 0.0628. The molecule has 0 bridgehead atoms. The van der Waals surface area contributed by atoms with Crippen LogP contribution < -0.4 is 0 Å². The van der Waals surface area contributed by atoms with Gasteiger partial charge in [0.2, 0.25) is 11.6 Å². The van der Waals surface area contributed by atoms with Crippen molar-refractivity contribution in [3.63, 3.8) is 0 Å². The highest BCUT2D eigenvalue weighted by molar-refractivity contribution is 5.87. The molecule has 204 valence electrons. The van der Waals surface area contributed by atoms with Crippen LogP contribution in [0.25, 0.3) is 0 Å². The number of fused-ring (bicyclic) bond motifs is 2. The molecule has 2 heterocycles. The van der Waals surface area contributed by atoms with Crippen LogP contribution in [-0.2, 0) is 38.0 Å². The van der Waals surface area contributed by atoms with Gasteiger partial charge < -0.3 is 28.4 Å². The molecule has 0 aromatic heterocycles. The second kappa shape index (κ2) is 10.8. The molecule has 38 heavy (non-hydrogen) atoms. The third kappa shape index (κ3) is 4.64. The summed E-state index contributed by atoms with van der Waals surface area (Å²) in [6.45, 7) is 7.78. The van der Waals surface area contributed by atoms with Crippen molar-refractivity contribution in [3.05, 3.63) is 71.8 Å². The van der Waals surface area contributed by atoms with Crippen LogP contribution in [0.5, 0.6) is 0 Å². The lowest BCUT2D eigenvalue weighted by Crippen LogP contribution is -2.67. The Hall–Kier alpha value is -2.78. The Morgan fingerprint density at radius 1 is 0.658 bits per heavy atom. The summed E-state index contributed by atoms with van der Waals surface area (Å²) in [5.41, 5.74) is 1.96. The monoisotopic (exact) mass is 524 g/mol. The fourth-order valence-corrected chi connectivity index (χ4v) is 6.14. The Morgan fingerprint density at radius 2 is 1.03 bits per heavy atom. The fraction of sp³-hybridized carbons (Fsp3) is 0.533. The van der Waals surface area contributed by atoms with E-state index in [2.05, 4.69) is 0 Å². The minimum atomic E-state index is -1.26. The Morgan fingerprint density at radius 3 is 1.37 bits per heavy atom. The summed E-state index contributed by atoms with van der Waals surface area (Å²) in [6, 6.07) is 19.6. The highest BCUT2D eigenvalue weighted by atomic mass is 16.8. The molecular formula is C30H36O8. The van der Waals surface area contributed by atoms with Crippen LogP contribution in [0.4, 0.5) is 0 Å². The van der Waals surface area contributed by atoms with Gasteiger partial charge in [0.1, 0.15) is 25.4 Å². The Bertz CT molecular complexity index is 1030. The average molecular weight is 525 g/mol. The molecule has 8 atom stereocenters. The van der Waals surface area contributed by atoms with E-state index in [0.717, 1.165) is 11.1 Å². The summed E-state index contributed by atoms with van der Waals surface area (Å²) in [7, 11) is 0. The average Bonchev–Trinajstić information content (AvgIpc) is 2.89. The Kier molecular flexibility index (Phi) is 7.60. The first-order chi connectivity index (χ1) is 18.3. The number of cyclic esters (lactones) is 2. The van der Waals surface area contributed by atoms with E-state index in [1.807, 2.05) is 74.5 Å². The van der Waals surface area contributed by atoms with Gasteiger partial charge in [-0.25, -0.2) is 0 Å². The summed E-state index contributed by atoms with van der Waals surface area (Å²) >= 11 is 0. The first kappa shape index (κ1) is 26.8. The number of hydrogen-bond acceptors (Lipinski definition) is 8. The van der Waals surface area contributed by atoms with Crippen molar-refractivity contribution in [3.8, 4) is 0 Å². The topological polar surface area (TPSA) is 89.5 Å². The van der Waals surface area contributed by atoms with Crippen LogP contribution in [0, 0.1) is 11.8 Å². The van der Waals surface area contributed by atoms with Crippen molar-refractivity contribution in [2.75, 3.05) is 26.4 Å². The van der Waals surface area contributed by atoms with Crippen LogP contribution in [0.15, 0.2) is 60.7 Å². The molecule has 8 nitrogen and oxygen atoms in total. The van der Waals surface area contributed by atoms with Crippen LogP contribution in [0.1, 0.15) is 50.7 Å². The largest absolute Gasteiger partial charge is 0.463 e. The molecular weight excluding hydrogens is 488 g/mol. The molecule has 3 fully saturated rings. The lowest BCUT2D eigenvalue weighted by molar-refractivity contribution is -0.458. The molecule has 5 rings (SSSR count). The van der Waals surface area contributed by atoms with Gasteiger partial charge >= 0.3 is 11.9 Å². The van der Waals surface area contributed by atoms with Gasteiger partial charge in [0.05, 0.1) is 11.8 Å². The number of carbonyl (C=O) groups excluding carboxylic acids is 2. The number of carbonyl (C=O) groups is 2. The van der Waals surface area contributed by atoms with Crippen LogP contribution >= 0.6 is 0 Å². The molecule has 1 saturated carbocycles. The van der Waals surface area contributed by atoms with Gasteiger partial charge in [-0.2, -0.15) is 0 Å². The Balaban J connectivity index is 1.46. The van der Waals surface area contributed by atoms with Crippen molar-refractivity contribution in [2.45, 2.75) is 63.3 Å². The van der Waals surface area contributed by atoms with Crippen LogP contribution in [0.2, 0.25) is 0 Å². The normalized spacial score (nSPS) is 37.2. The second-order valence-corrected chi connectivity index (χ2v) is 10.3. The molecule has 2 aromatic rings. The van der Waals surface area contributed by atoms with E-state index in [1.165, 1.54) is 0 Å². The maximum atomic E-state index is 13.6. The van der Waals surface area contributed by atoms with Crippen molar-refractivity contribution in [1.29, 1.82) is 0 Å². The highest BCUT2D eigenvalue weighted by Gasteiger charge is 2.62. The summed E-state index contributed by atoms with van der Waals surface area (Å²) in [6.07, 6.45) is -1.43. The number of hydrogen-bond donors (Lipinski definition) is 0. The number of ether oxygens (including phenoxy) is 6. The van der Waals surface area contributed by atoms with Gasteiger partial charge in [-0.05, 0) is 38.8 Å². The van der Waals surface area contributed by atoms with E-state index in [9.17, 15) is 9.59 Å². The van der Waals surface area contributed by atoms with E-state index in [1.54, 1.807) is 13.8 Å². The quantitative estimate of drug-likeness (QED) is 0.520. The van der Waals surface area contributed by atoms with E-state index in [4.69, 9.17) is 28.4 Å². The molecule has 0 spiro atoms. The van der Waals surface area contributed by atoms with Crippen molar-refractivity contribution >= 4 is 11.9 Å². The first-order valence-electron chi connectivity index (χ1n) is 13.4. The Labute approximate surface area is 223 Å². The molecule has 2 saturated heterocycles. The molecule has 0 amide bonds. The van der Waals surface area contributed by atoms with Gasteiger partial charge in [0, 0.05) is 25.0 Å². The SMILES string of the molecule is CCO[C@]1(C)O[C@H]2COC(=O)[C@@H]3[C@H](C(=O)OC[C@@H]2O[C@@]1(C)OCC)[C@@H](c1ccccc1)[C@H]3c1ccccc1. The molecule has 2 aromatic carbocycles. The minimum Gasteiger partial charge on any atom is -0.463 e. The summed E-state index contributed by atoms with van der Waals surface area (Å²) in [5, 5.41) is 0. The number of benzene rings is 2. The maximum absolute atomic E-state index is 13.6. The smallest absolute Gasteiger partial charge is 0.310 e. The standard InChI is InChI=1S/C30H36O8/c1-5-35-29(3)30(4,36-6-2)38-22-18-34-28(32)26-24(20-15-11-8-12-16-20)23(19-13-9-7-10-14-19)25(26)27(31)33-17-21(22)37-29/h7-16,21-26H,5-6,17-18H2,1-4H3/t21-,22-,23-,24+,25+,26-,29+,30+/m0/s1. The van der Waals surface area contributed by atoms with Crippen LogP contribution in [-0.4, -0.2) is 62.1 Å². The van der Waals surface area contributed by atoms with Crippen molar-refractivity contribution < 1.29 is 38.0 Å². The van der Waals surface area contributed by atoms with Gasteiger partial charge in [0.15, 0.2) is 0 Å². The van der Waals surface area contributed by atoms with Gasteiger partial charge in [-0.15, -0.1) is 0 Å². The third-order valence-corrected chi connectivity index (χ3v) is 8.07. The van der Waals surface area contributed by atoms with E-state index in [0.29, 0.717) is 13.2 Å². The van der Waals surface area contributed by atoms with Crippen molar-refractivity contribution in [2.24, 2.45) is 11.8 Å². The zero-order valence-electron chi connectivity index (χ0n) is 22.3. The van der Waals surface area contributed by atoms with E-state index < -0.39 is 47.6 Å². The lowest BCUT2D eigenvalue weighted by Gasteiger charge is -2.53. The number of rotatable bonds is 6. The molecule has 1 aliphatic carbocycles. The summed E-state index contributed by atoms with van der Waals surface area (Å²) in [4.78, 5) is 27.2. The first-order valence-corrected chi connectivity index (χ1v) is 13.4. The molecule has 0 radical (unpaired) electrons. The highest BCUT2D eigenvalue weighted by Crippen LogP contribution is 2.59. The second-order valence-electron chi connectivity index (χ2n) is 10.3. The van der Waals surface area contributed by atoms with Crippen molar-refractivity contribution in [1.82, 2.24) is 0 Å². The van der Waals surface area contributed by atoms with Crippen LogP contribution in [0.3, 0.4) is 0 Å². The summed E-state index contributed by atoms with van der Waals surface area (Å²) in [5.74, 6) is -5.23. The summed E-state index contributed by atoms with van der Waals surface area (Å²) < 4.78 is 36.3. The molecule has 0 N–H and O–H groups in total. The van der Waals surface area contributed by atoms with Gasteiger partial charge in [-0.3, -0.25) is 9.59 Å². The molecule has 3 aliphatic rings. The molecule has 2 aliphatic heterocycles. The zero-order valence-corrected chi connectivity index (χ0v) is 22.3. The third-order valence-electron chi connectivity index (χ3n) is 8.07.